The fourth-order valence-corrected chi connectivity index (χ4v) is 5.47. The quantitative estimate of drug-likeness (QED) is 0.152. The Labute approximate surface area is 295 Å². The van der Waals surface area contributed by atoms with Gasteiger partial charge in [0.15, 0.2) is 0 Å². The summed E-state index contributed by atoms with van der Waals surface area (Å²) in [4.78, 5) is 26.2. The SMILES string of the molecule is CC(C)(C)c1ccc(C(Cc2ccc(C(=O)NCCS(=O)(=O)O)cc2)C(=O)Nc2ccc(-c3cc4ccccc4o3)cc2F)cc1.[Na+]. The van der Waals surface area contributed by atoms with Crippen LogP contribution in [0.25, 0.3) is 22.3 Å². The molecule has 0 saturated carbocycles. The maximum atomic E-state index is 15.4. The number of benzene rings is 4. The van der Waals surface area contributed by atoms with Gasteiger partial charge in [-0.2, -0.15) is 8.42 Å². The van der Waals surface area contributed by atoms with Gasteiger partial charge in [0.1, 0.15) is 17.2 Å². The van der Waals surface area contributed by atoms with E-state index in [2.05, 4.69) is 31.4 Å². The number of amides is 2. The maximum Gasteiger partial charge on any atom is 1.00 e. The van der Waals surface area contributed by atoms with Crippen LogP contribution in [0.5, 0.6) is 0 Å². The Morgan fingerprint density at radius 3 is 2.21 bits per heavy atom. The molecule has 1 unspecified atom stereocenters. The van der Waals surface area contributed by atoms with Crippen molar-refractivity contribution < 1.29 is 60.9 Å². The molecule has 5 rings (SSSR count). The first kappa shape index (κ1) is 36.0. The third-order valence-corrected chi connectivity index (χ3v) is 8.45. The van der Waals surface area contributed by atoms with Gasteiger partial charge in [-0.15, -0.1) is 0 Å². The predicted molar refractivity (Wildman–Crippen MR) is 177 cm³/mol. The third kappa shape index (κ3) is 9.39. The number of carbonyl (C=O) groups excluding carboxylic acids is 2. The number of halogens is 1. The molecular weight excluding hydrogens is 630 g/mol. The van der Waals surface area contributed by atoms with Gasteiger partial charge in [-0.05, 0) is 71.0 Å². The summed E-state index contributed by atoms with van der Waals surface area (Å²) >= 11 is 0. The summed E-state index contributed by atoms with van der Waals surface area (Å²) in [6, 6.07) is 28.3. The first-order valence-electron chi connectivity index (χ1n) is 14.8. The number of fused-ring (bicyclic) bond motifs is 1. The van der Waals surface area contributed by atoms with Crippen LogP contribution in [0.3, 0.4) is 0 Å². The predicted octanol–water partition coefficient (Wildman–Crippen LogP) is 4.12. The van der Waals surface area contributed by atoms with Gasteiger partial charge >= 0.3 is 29.6 Å². The van der Waals surface area contributed by atoms with Gasteiger partial charge < -0.3 is 15.1 Å². The molecule has 2 amide bonds. The van der Waals surface area contributed by atoms with E-state index in [-0.39, 0.29) is 53.6 Å². The van der Waals surface area contributed by atoms with Gasteiger partial charge in [-0.1, -0.05) is 75.4 Å². The van der Waals surface area contributed by atoms with Crippen molar-refractivity contribution in [1.82, 2.24) is 5.32 Å². The van der Waals surface area contributed by atoms with Crippen molar-refractivity contribution >= 4 is 38.6 Å². The Kier molecular flexibility index (Phi) is 11.5. The number of rotatable bonds is 10. The molecule has 1 atom stereocenters. The number of para-hydroxylation sites is 1. The minimum Gasteiger partial charge on any atom is -0.456 e. The van der Waals surface area contributed by atoms with Crippen LogP contribution in [0, 0.1) is 5.82 Å². The van der Waals surface area contributed by atoms with Gasteiger partial charge in [0, 0.05) is 23.1 Å². The van der Waals surface area contributed by atoms with E-state index in [1.54, 1.807) is 30.3 Å². The van der Waals surface area contributed by atoms with Crippen molar-refractivity contribution in [3.8, 4) is 11.3 Å². The maximum absolute atomic E-state index is 15.4. The Bertz CT molecular complexity index is 1950. The second-order valence-electron chi connectivity index (χ2n) is 12.2. The van der Waals surface area contributed by atoms with Crippen LogP contribution in [0.4, 0.5) is 10.1 Å². The molecule has 1 heterocycles. The molecule has 0 bridgehead atoms. The average Bonchev–Trinajstić information content (AvgIpc) is 3.45. The fraction of sp³-hybridized carbons (Fsp3) is 0.222. The van der Waals surface area contributed by atoms with Crippen molar-refractivity contribution in [2.45, 2.75) is 38.5 Å². The van der Waals surface area contributed by atoms with E-state index in [1.165, 1.54) is 12.1 Å². The summed E-state index contributed by atoms with van der Waals surface area (Å²) in [6.07, 6.45) is 0.268. The summed E-state index contributed by atoms with van der Waals surface area (Å²) < 4.78 is 51.9. The van der Waals surface area contributed by atoms with Crippen LogP contribution in [0.2, 0.25) is 0 Å². The molecule has 3 N–H and O–H groups in total. The van der Waals surface area contributed by atoms with Crippen LogP contribution in [0.15, 0.2) is 101 Å². The topological polar surface area (TPSA) is 126 Å². The zero-order valence-electron chi connectivity index (χ0n) is 26.7. The Morgan fingerprint density at radius 2 is 1.60 bits per heavy atom. The molecule has 11 heteroatoms. The Hall–Kier alpha value is -3.80. The second kappa shape index (κ2) is 15.0. The first-order chi connectivity index (χ1) is 21.8. The van der Waals surface area contributed by atoms with Gasteiger partial charge in [-0.3, -0.25) is 14.1 Å². The van der Waals surface area contributed by atoms with E-state index in [9.17, 15) is 18.0 Å². The van der Waals surface area contributed by atoms with Crippen molar-refractivity contribution in [2.75, 3.05) is 17.6 Å². The number of nitrogens with one attached hydrogen (secondary N) is 2. The van der Waals surface area contributed by atoms with E-state index in [0.717, 1.165) is 22.1 Å². The Balaban J connectivity index is 0.00000500. The van der Waals surface area contributed by atoms with Crippen LogP contribution >= 0.6 is 0 Å². The van der Waals surface area contributed by atoms with Gasteiger partial charge in [-0.25, -0.2) is 4.39 Å². The minimum atomic E-state index is -4.19. The van der Waals surface area contributed by atoms with Crippen molar-refractivity contribution in [3.05, 3.63) is 125 Å². The molecule has 4 aromatic carbocycles. The average molecular weight is 666 g/mol. The van der Waals surface area contributed by atoms with Crippen molar-refractivity contribution in [1.29, 1.82) is 0 Å². The van der Waals surface area contributed by atoms with E-state index >= 15 is 4.39 Å². The summed E-state index contributed by atoms with van der Waals surface area (Å²) in [5.74, 6) is -2.25. The molecule has 0 aliphatic rings. The molecule has 0 radical (unpaired) electrons. The number of carbonyl (C=O) groups is 2. The van der Waals surface area contributed by atoms with Crippen LogP contribution in [0.1, 0.15) is 53.7 Å². The van der Waals surface area contributed by atoms with Gasteiger partial charge in [0.25, 0.3) is 16.0 Å². The molecule has 238 valence electrons. The number of hydrogen-bond donors (Lipinski definition) is 3. The van der Waals surface area contributed by atoms with Gasteiger partial charge in [0.2, 0.25) is 5.91 Å². The molecule has 5 aromatic rings. The smallest absolute Gasteiger partial charge is 0.456 e. The third-order valence-electron chi connectivity index (χ3n) is 7.73. The molecule has 0 saturated heterocycles. The molecule has 0 aliphatic carbocycles. The summed E-state index contributed by atoms with van der Waals surface area (Å²) in [6.45, 7) is 6.07. The Morgan fingerprint density at radius 1 is 0.915 bits per heavy atom. The van der Waals surface area contributed by atoms with Crippen molar-refractivity contribution in [3.63, 3.8) is 0 Å². The molecule has 1 aromatic heterocycles. The minimum absolute atomic E-state index is 0. The second-order valence-corrected chi connectivity index (χ2v) is 13.8. The van der Waals surface area contributed by atoms with Crippen LogP contribution in [-0.4, -0.2) is 37.1 Å². The molecule has 0 aliphatic heterocycles. The molecular formula is C36H35FN2NaO6S+. The van der Waals surface area contributed by atoms with E-state index < -0.39 is 39.4 Å². The zero-order chi connectivity index (χ0) is 33.1. The first-order valence-corrected chi connectivity index (χ1v) is 16.4. The fourth-order valence-electron chi connectivity index (χ4n) is 5.11. The van der Waals surface area contributed by atoms with Crippen LogP contribution in [-0.2, 0) is 26.7 Å². The molecule has 8 nitrogen and oxygen atoms in total. The molecule has 0 fully saturated rings. The van der Waals surface area contributed by atoms with E-state index in [0.29, 0.717) is 22.5 Å². The monoisotopic (exact) mass is 665 g/mol. The molecule has 47 heavy (non-hydrogen) atoms. The van der Waals surface area contributed by atoms with E-state index in [1.807, 2.05) is 54.6 Å². The number of hydrogen-bond acceptors (Lipinski definition) is 5. The number of furan rings is 1. The zero-order valence-corrected chi connectivity index (χ0v) is 29.5. The van der Waals surface area contributed by atoms with Crippen molar-refractivity contribution in [2.24, 2.45) is 0 Å². The standard InChI is InChI=1S/C36H35FN2O6S.Na/c1-36(2,3)28-15-12-24(13-16-28)29(20-23-8-10-25(11-9-23)34(40)38-18-19-46(42,43)44)35(41)39-31-17-14-27(21-30(31)37)33-22-26-6-4-5-7-32(26)45-33;/h4-17,21-22,29H,18-20H2,1-3H3,(H,38,40)(H,39,41)(H,42,43,44);/q;+1. The normalized spacial score (nSPS) is 12.3. The molecule has 0 spiro atoms. The van der Waals surface area contributed by atoms with Crippen LogP contribution < -0.4 is 40.2 Å². The summed E-state index contributed by atoms with van der Waals surface area (Å²) in [5, 5.41) is 6.12. The van der Waals surface area contributed by atoms with Gasteiger partial charge in [0.05, 0.1) is 17.4 Å². The summed E-state index contributed by atoms with van der Waals surface area (Å²) in [5.41, 5.74) is 4.10. The van der Waals surface area contributed by atoms with E-state index in [4.69, 9.17) is 8.97 Å². The largest absolute Gasteiger partial charge is 1.00 e. The number of anilines is 1. The summed E-state index contributed by atoms with van der Waals surface area (Å²) in [7, 11) is -4.19.